The first-order valence-electron chi connectivity index (χ1n) is 8.15. The minimum Gasteiger partial charge on any atom is -0.355 e. The molecule has 2 aliphatic heterocycles. The Kier molecular flexibility index (Phi) is 4.39. The molecule has 1 atom stereocenters. The Balaban J connectivity index is 1.59. The smallest absolute Gasteiger partial charge is 0.134 e. The lowest BCUT2D eigenvalue weighted by atomic mass is 10.1. The van der Waals surface area contributed by atoms with Gasteiger partial charge in [0.05, 0.1) is 16.7 Å². The minimum absolute atomic E-state index is 0.361. The predicted molar refractivity (Wildman–Crippen MR) is 97.7 cm³/mol. The molecule has 1 unspecified atom stereocenters. The molecule has 0 amide bonds. The third kappa shape index (κ3) is 3.17. The van der Waals surface area contributed by atoms with Gasteiger partial charge in [-0.2, -0.15) is 11.8 Å². The largest absolute Gasteiger partial charge is 0.355 e. The van der Waals surface area contributed by atoms with Crippen molar-refractivity contribution in [2.45, 2.75) is 25.8 Å². The van der Waals surface area contributed by atoms with Crippen LogP contribution in [0.1, 0.15) is 29.6 Å². The van der Waals surface area contributed by atoms with Gasteiger partial charge >= 0.3 is 0 Å². The summed E-state index contributed by atoms with van der Waals surface area (Å²) in [5.41, 5.74) is 1.19. The van der Waals surface area contributed by atoms with E-state index in [1.54, 1.807) is 17.7 Å². The lowest BCUT2D eigenvalue weighted by Crippen LogP contribution is -2.33. The van der Waals surface area contributed by atoms with Crippen LogP contribution < -0.4 is 9.80 Å². The first-order chi connectivity index (χ1) is 11.3. The van der Waals surface area contributed by atoms with Crippen LogP contribution in [0.5, 0.6) is 0 Å². The van der Waals surface area contributed by atoms with Gasteiger partial charge in [0.15, 0.2) is 0 Å². The normalized spacial score (nSPS) is 21.9. The standard InChI is InChI=1S/C16H21N5S2/c1-12-19-13(10-23-12)14-3-2-4-21(14)16-9-15(17-11-18-16)20-5-7-22-8-6-20/h9-11,14H,2-8H2,1H3. The molecule has 0 aromatic carbocycles. The number of aromatic nitrogens is 3. The Morgan fingerprint density at radius 3 is 2.74 bits per heavy atom. The highest BCUT2D eigenvalue weighted by molar-refractivity contribution is 7.99. The van der Waals surface area contributed by atoms with Crippen molar-refractivity contribution in [1.29, 1.82) is 0 Å². The zero-order valence-electron chi connectivity index (χ0n) is 13.3. The van der Waals surface area contributed by atoms with Crippen LogP contribution in [0.4, 0.5) is 11.6 Å². The summed E-state index contributed by atoms with van der Waals surface area (Å²) in [6.45, 7) is 5.28. The topological polar surface area (TPSA) is 45.2 Å². The zero-order valence-corrected chi connectivity index (χ0v) is 14.9. The number of thiazole rings is 1. The monoisotopic (exact) mass is 347 g/mol. The van der Waals surface area contributed by atoms with E-state index in [2.05, 4.69) is 38.1 Å². The predicted octanol–water partition coefficient (Wildman–Crippen LogP) is 3.14. The molecule has 4 rings (SSSR count). The van der Waals surface area contributed by atoms with Crippen molar-refractivity contribution in [2.75, 3.05) is 40.9 Å². The summed E-state index contributed by atoms with van der Waals surface area (Å²) >= 11 is 3.75. The maximum atomic E-state index is 4.70. The number of nitrogens with zero attached hydrogens (tertiary/aromatic N) is 5. The molecule has 7 heteroatoms. The minimum atomic E-state index is 0.361. The summed E-state index contributed by atoms with van der Waals surface area (Å²) in [6.07, 6.45) is 4.07. The van der Waals surface area contributed by atoms with Crippen molar-refractivity contribution in [3.63, 3.8) is 0 Å². The van der Waals surface area contributed by atoms with E-state index in [1.807, 2.05) is 11.8 Å². The first-order valence-corrected chi connectivity index (χ1v) is 10.2. The highest BCUT2D eigenvalue weighted by Crippen LogP contribution is 2.36. The molecule has 0 N–H and O–H groups in total. The zero-order chi connectivity index (χ0) is 15.6. The van der Waals surface area contributed by atoms with Crippen molar-refractivity contribution >= 4 is 34.7 Å². The Morgan fingerprint density at radius 1 is 1.13 bits per heavy atom. The van der Waals surface area contributed by atoms with Crippen molar-refractivity contribution in [2.24, 2.45) is 0 Å². The fourth-order valence-corrected chi connectivity index (χ4v) is 4.90. The second-order valence-corrected chi connectivity index (χ2v) is 8.26. The van der Waals surface area contributed by atoms with Crippen molar-refractivity contribution in [3.05, 3.63) is 28.5 Å². The molecule has 23 heavy (non-hydrogen) atoms. The van der Waals surface area contributed by atoms with Gasteiger partial charge in [0, 0.05) is 42.6 Å². The lowest BCUT2D eigenvalue weighted by Gasteiger charge is -2.29. The second kappa shape index (κ2) is 6.65. The van der Waals surface area contributed by atoms with E-state index in [0.717, 1.165) is 42.7 Å². The molecule has 0 radical (unpaired) electrons. The van der Waals surface area contributed by atoms with Crippen LogP contribution in [0.2, 0.25) is 0 Å². The molecule has 4 heterocycles. The molecule has 0 bridgehead atoms. The number of anilines is 2. The highest BCUT2D eigenvalue weighted by Gasteiger charge is 2.29. The van der Waals surface area contributed by atoms with Gasteiger partial charge in [0.2, 0.25) is 0 Å². The fourth-order valence-electron chi connectivity index (χ4n) is 3.34. The first kappa shape index (κ1) is 15.2. The van der Waals surface area contributed by atoms with Gasteiger partial charge in [-0.25, -0.2) is 15.0 Å². The van der Waals surface area contributed by atoms with Gasteiger partial charge in [0.25, 0.3) is 0 Å². The molecule has 2 saturated heterocycles. The molecule has 2 fully saturated rings. The Morgan fingerprint density at radius 2 is 1.96 bits per heavy atom. The van der Waals surface area contributed by atoms with Crippen molar-refractivity contribution in [3.8, 4) is 0 Å². The molecule has 5 nitrogen and oxygen atoms in total. The number of rotatable bonds is 3. The summed E-state index contributed by atoms with van der Waals surface area (Å²) in [6, 6.07) is 2.52. The van der Waals surface area contributed by atoms with Crippen molar-refractivity contribution in [1.82, 2.24) is 15.0 Å². The number of hydrogen-bond acceptors (Lipinski definition) is 7. The van der Waals surface area contributed by atoms with Crippen LogP contribution in [0.15, 0.2) is 17.8 Å². The van der Waals surface area contributed by atoms with E-state index in [1.165, 1.54) is 23.6 Å². The molecule has 122 valence electrons. The summed E-state index contributed by atoms with van der Waals surface area (Å²) < 4.78 is 0. The number of thioether (sulfide) groups is 1. The van der Waals surface area contributed by atoms with E-state index in [9.17, 15) is 0 Å². The summed E-state index contributed by atoms with van der Waals surface area (Å²) in [5, 5.41) is 3.34. The maximum Gasteiger partial charge on any atom is 0.134 e. The molecule has 2 aliphatic rings. The molecule has 2 aromatic heterocycles. The SMILES string of the molecule is Cc1nc(C2CCCN2c2cc(N3CCSCC3)ncn2)cs1. The average Bonchev–Trinajstić information content (AvgIpc) is 3.24. The van der Waals surface area contributed by atoms with Crippen LogP contribution >= 0.6 is 23.1 Å². The van der Waals surface area contributed by atoms with Gasteiger partial charge in [-0.15, -0.1) is 11.3 Å². The molecule has 2 aromatic rings. The van der Waals surface area contributed by atoms with Crippen LogP contribution in [0, 0.1) is 6.92 Å². The van der Waals surface area contributed by atoms with Crippen LogP contribution in [-0.2, 0) is 0 Å². The third-order valence-corrected chi connectivity index (χ3v) is 6.23. The highest BCUT2D eigenvalue weighted by atomic mass is 32.2. The van der Waals surface area contributed by atoms with Gasteiger partial charge in [0.1, 0.15) is 18.0 Å². The Hall–Kier alpha value is -1.34. The van der Waals surface area contributed by atoms with Crippen molar-refractivity contribution < 1.29 is 0 Å². The van der Waals surface area contributed by atoms with E-state index in [4.69, 9.17) is 4.98 Å². The van der Waals surface area contributed by atoms with Gasteiger partial charge in [-0.3, -0.25) is 0 Å². The number of aryl methyl sites for hydroxylation is 1. The number of hydrogen-bond donors (Lipinski definition) is 0. The summed E-state index contributed by atoms with van der Waals surface area (Å²) in [4.78, 5) is 18.5. The molecule has 0 saturated carbocycles. The second-order valence-electron chi connectivity index (χ2n) is 5.98. The van der Waals surface area contributed by atoms with Crippen LogP contribution in [-0.4, -0.2) is 46.1 Å². The third-order valence-electron chi connectivity index (χ3n) is 4.50. The quantitative estimate of drug-likeness (QED) is 0.850. The van der Waals surface area contributed by atoms with Gasteiger partial charge in [-0.05, 0) is 19.8 Å². The summed E-state index contributed by atoms with van der Waals surface area (Å²) in [7, 11) is 0. The van der Waals surface area contributed by atoms with E-state index < -0.39 is 0 Å². The average molecular weight is 348 g/mol. The molecular formula is C16H21N5S2. The maximum absolute atomic E-state index is 4.70. The lowest BCUT2D eigenvalue weighted by molar-refractivity contribution is 0.689. The Bertz CT molecular complexity index is 668. The molecular weight excluding hydrogens is 326 g/mol. The van der Waals surface area contributed by atoms with E-state index in [-0.39, 0.29) is 0 Å². The van der Waals surface area contributed by atoms with Crippen LogP contribution in [0.25, 0.3) is 0 Å². The van der Waals surface area contributed by atoms with E-state index >= 15 is 0 Å². The summed E-state index contributed by atoms with van der Waals surface area (Å²) in [5.74, 6) is 4.48. The fraction of sp³-hybridized carbons (Fsp3) is 0.562. The van der Waals surface area contributed by atoms with Gasteiger partial charge < -0.3 is 9.80 Å². The Labute approximate surface area is 145 Å². The van der Waals surface area contributed by atoms with Gasteiger partial charge in [-0.1, -0.05) is 0 Å². The van der Waals surface area contributed by atoms with Crippen LogP contribution in [0.3, 0.4) is 0 Å². The van der Waals surface area contributed by atoms with E-state index in [0.29, 0.717) is 6.04 Å². The molecule has 0 aliphatic carbocycles. The molecule has 0 spiro atoms.